The van der Waals surface area contributed by atoms with Crippen molar-refractivity contribution in [3.05, 3.63) is 428 Å². The topological polar surface area (TPSA) is 18.1 Å². The second-order valence-electron chi connectivity index (χ2n) is 30.0. The zero-order valence-corrected chi connectivity index (χ0v) is 64.6. The molecule has 0 saturated carbocycles. The fourth-order valence-corrected chi connectivity index (χ4v) is 18.0. The van der Waals surface area contributed by atoms with Crippen LogP contribution in [-0.4, -0.2) is 4.57 Å². The predicted molar refractivity (Wildman–Crippen MR) is 480 cm³/mol. The van der Waals surface area contributed by atoms with E-state index in [9.17, 15) is 0 Å². The maximum Gasteiger partial charge on any atom is 0.136 e. The molecule has 3 aromatic heterocycles. The van der Waals surface area contributed by atoms with Crippen LogP contribution < -0.4 is 0 Å². The van der Waals surface area contributed by atoms with E-state index >= 15 is 0 Å². The Bertz CT molecular complexity index is 6660. The van der Waals surface area contributed by atoms with Gasteiger partial charge in [0.15, 0.2) is 0 Å². The maximum absolute atomic E-state index is 6.05. The lowest BCUT2D eigenvalue weighted by Crippen LogP contribution is -2.14. The molecule has 112 heavy (non-hydrogen) atoms. The lowest BCUT2D eigenvalue weighted by molar-refractivity contribution is 0.660. The third-order valence-corrected chi connectivity index (χ3v) is 23.8. The van der Waals surface area contributed by atoms with Gasteiger partial charge in [-0.3, -0.25) is 0 Å². The minimum atomic E-state index is 0.0366. The number of aryl methyl sites for hydroxylation is 4. The van der Waals surface area contributed by atoms with Gasteiger partial charge in [0.1, 0.15) is 11.2 Å². The van der Waals surface area contributed by atoms with E-state index in [-0.39, 0.29) is 5.41 Å². The first-order valence-corrected chi connectivity index (χ1v) is 39.6. The van der Waals surface area contributed by atoms with Crippen molar-refractivity contribution in [3.63, 3.8) is 0 Å². The minimum absolute atomic E-state index is 0.0366. The van der Waals surface area contributed by atoms with Gasteiger partial charge in [0.05, 0.1) is 11.0 Å². The number of aromatic nitrogens is 1. The highest BCUT2D eigenvalue weighted by atomic mass is 32.1. The summed E-state index contributed by atoms with van der Waals surface area (Å²) in [5.41, 5.74) is 36.7. The first-order chi connectivity index (χ1) is 55.0. The first kappa shape index (κ1) is 70.2. The van der Waals surface area contributed by atoms with Gasteiger partial charge < -0.3 is 8.98 Å². The molecule has 3 heteroatoms. The Balaban J connectivity index is 0.000000105. The molecule has 21 rings (SSSR count). The van der Waals surface area contributed by atoms with Gasteiger partial charge in [0, 0.05) is 52.8 Å². The maximum atomic E-state index is 6.05. The lowest BCUT2D eigenvalue weighted by atomic mass is 9.81. The van der Waals surface area contributed by atoms with Gasteiger partial charge in [0.2, 0.25) is 0 Å². The van der Waals surface area contributed by atoms with Gasteiger partial charge in [-0.2, -0.15) is 0 Å². The van der Waals surface area contributed by atoms with Crippen molar-refractivity contribution in [3.8, 4) is 106 Å². The second kappa shape index (κ2) is 30.2. The molecule has 1 aliphatic carbocycles. The van der Waals surface area contributed by atoms with Crippen molar-refractivity contribution >= 4 is 75.3 Å². The van der Waals surface area contributed by atoms with Crippen molar-refractivity contribution in [2.45, 2.75) is 47.0 Å². The summed E-state index contributed by atoms with van der Waals surface area (Å²) >= 11 is 1.87. The Labute approximate surface area is 660 Å². The Morgan fingerprint density at radius 1 is 0.232 bits per heavy atom. The number of furan rings is 1. The van der Waals surface area contributed by atoms with Crippen molar-refractivity contribution < 1.29 is 4.42 Å². The smallest absolute Gasteiger partial charge is 0.136 e. The molecule has 20 aromatic rings. The van der Waals surface area contributed by atoms with Crippen molar-refractivity contribution in [1.82, 2.24) is 4.57 Å². The summed E-state index contributed by atoms with van der Waals surface area (Å²) in [6.45, 7) is 13.4. The first-order valence-electron chi connectivity index (χ1n) is 38.8. The molecule has 3 heterocycles. The highest BCUT2D eigenvalue weighted by Crippen LogP contribution is 2.50. The monoisotopic (exact) mass is 1450 g/mol. The van der Waals surface area contributed by atoms with Crippen LogP contribution in [-0.2, 0) is 5.41 Å². The van der Waals surface area contributed by atoms with Crippen LogP contribution in [0.1, 0.15) is 47.2 Å². The van der Waals surface area contributed by atoms with Crippen molar-refractivity contribution in [2.24, 2.45) is 0 Å². The minimum Gasteiger partial charge on any atom is -0.456 e. The number of nitrogens with zero attached hydrogens (tertiary/aromatic N) is 1. The molecule has 1 aliphatic rings. The van der Waals surface area contributed by atoms with Gasteiger partial charge in [-0.1, -0.05) is 323 Å². The zero-order chi connectivity index (χ0) is 75.8. The molecular formula is C109H83NOS. The van der Waals surface area contributed by atoms with Crippen LogP contribution in [0.25, 0.3) is 170 Å². The number of benzene rings is 17. The van der Waals surface area contributed by atoms with Crippen LogP contribution in [0.15, 0.2) is 399 Å². The van der Waals surface area contributed by atoms with Gasteiger partial charge in [-0.05, 0) is 246 Å². The standard InChI is InChI=1S/C31H23N.C28H24.C25H18O.C25H18S/c1-22-16-17-24(20-28(22)23-10-4-2-5-11-23)25-18-19-31-29(21-25)27-14-8-9-15-30(27)32(31)26-12-6-3-7-13-26;1-19-13-14-21(17-25(19)20-9-5-4-6-10-20)22-15-16-24-23-11-7-8-12-26(23)28(2,3)27(24)18-22;2*1-17-14-15-19(16-22(17)18-8-3-2-4-9-18)20-11-7-13-24-25(20)21-10-5-6-12-23(21)26-24/h2-21H,1H3;4-18H,1-3H3;2*2-16H,1H3. The van der Waals surface area contributed by atoms with Crippen molar-refractivity contribution in [1.29, 1.82) is 0 Å². The van der Waals surface area contributed by atoms with Gasteiger partial charge >= 0.3 is 0 Å². The van der Waals surface area contributed by atoms with Crippen LogP contribution in [0.5, 0.6) is 0 Å². The molecule has 0 spiro atoms. The Hall–Kier alpha value is -13.4. The molecule has 0 atom stereocenters. The number of para-hydroxylation sites is 3. The summed E-state index contributed by atoms with van der Waals surface area (Å²) in [6.07, 6.45) is 0. The van der Waals surface area contributed by atoms with E-state index in [1.165, 1.54) is 192 Å². The number of fused-ring (bicyclic) bond motifs is 12. The molecule has 0 aliphatic heterocycles. The van der Waals surface area contributed by atoms with Gasteiger partial charge in [-0.15, -0.1) is 11.3 Å². The van der Waals surface area contributed by atoms with Crippen LogP contribution in [0.3, 0.4) is 0 Å². The molecule has 0 fully saturated rings. The average Bonchev–Trinajstić information content (AvgIpc) is 1.59. The summed E-state index contributed by atoms with van der Waals surface area (Å²) in [4.78, 5) is 0. The van der Waals surface area contributed by atoms with Crippen LogP contribution in [0, 0.1) is 27.7 Å². The third kappa shape index (κ3) is 13.4. The molecule has 0 bridgehead atoms. The molecule has 0 amide bonds. The highest BCUT2D eigenvalue weighted by molar-refractivity contribution is 7.26. The molecule has 536 valence electrons. The molecule has 0 radical (unpaired) electrons. The molecule has 2 nitrogen and oxygen atoms in total. The van der Waals surface area contributed by atoms with E-state index in [4.69, 9.17) is 4.42 Å². The van der Waals surface area contributed by atoms with Crippen LogP contribution in [0.2, 0.25) is 0 Å². The number of rotatable bonds is 9. The molecule has 0 N–H and O–H groups in total. The zero-order valence-electron chi connectivity index (χ0n) is 63.8. The van der Waals surface area contributed by atoms with E-state index in [2.05, 4.69) is 422 Å². The summed E-state index contributed by atoms with van der Waals surface area (Å²) in [5.74, 6) is 0. The van der Waals surface area contributed by atoms with Crippen molar-refractivity contribution in [2.75, 3.05) is 0 Å². The number of hydrogen-bond acceptors (Lipinski definition) is 2. The van der Waals surface area contributed by atoms with E-state index in [1.54, 1.807) is 0 Å². The second-order valence-corrected chi connectivity index (χ2v) is 31.1. The number of hydrogen-bond donors (Lipinski definition) is 0. The molecule has 17 aromatic carbocycles. The largest absolute Gasteiger partial charge is 0.456 e. The molecule has 0 saturated heterocycles. The highest BCUT2D eigenvalue weighted by Gasteiger charge is 2.35. The summed E-state index contributed by atoms with van der Waals surface area (Å²) in [6, 6.07) is 142. The Kier molecular flexibility index (Phi) is 18.9. The van der Waals surface area contributed by atoms with Crippen LogP contribution in [0.4, 0.5) is 0 Å². The third-order valence-electron chi connectivity index (χ3n) is 22.7. The fraction of sp³-hybridized carbons (Fsp3) is 0.0642. The van der Waals surface area contributed by atoms with E-state index in [0.29, 0.717) is 0 Å². The van der Waals surface area contributed by atoms with Gasteiger partial charge in [0.25, 0.3) is 0 Å². The van der Waals surface area contributed by atoms with E-state index in [1.807, 2.05) is 29.5 Å². The average molecular weight is 1450 g/mol. The summed E-state index contributed by atoms with van der Waals surface area (Å²) in [7, 11) is 0. The normalized spacial score (nSPS) is 11.9. The molecule has 0 unspecified atom stereocenters. The fourth-order valence-electron chi connectivity index (χ4n) is 16.8. The summed E-state index contributed by atoms with van der Waals surface area (Å²) < 4.78 is 11.1. The van der Waals surface area contributed by atoms with Crippen LogP contribution >= 0.6 is 11.3 Å². The summed E-state index contributed by atoms with van der Waals surface area (Å²) in [5, 5.41) is 7.64. The van der Waals surface area contributed by atoms with Gasteiger partial charge in [-0.25, -0.2) is 0 Å². The van der Waals surface area contributed by atoms with E-state index < -0.39 is 0 Å². The SMILES string of the molecule is Cc1ccc(-c2ccc3c(c2)C(C)(C)c2ccccc2-3)cc1-c1ccccc1.Cc1ccc(-c2ccc3c(c2)c2ccccc2n3-c2ccccc2)cc1-c1ccccc1.Cc1ccc(-c2cccc3oc4ccccc4c23)cc1-c1ccccc1.Cc1ccc(-c2cccc3sc4ccccc4c23)cc1-c1ccccc1. The lowest BCUT2D eigenvalue weighted by Gasteiger charge is -2.22. The Morgan fingerprint density at radius 3 is 1.20 bits per heavy atom. The van der Waals surface area contributed by atoms with E-state index in [0.717, 1.165) is 11.2 Å². The predicted octanol–water partition coefficient (Wildman–Crippen LogP) is 31.0. The molecular weight excluding hydrogens is 1370 g/mol. The quantitative estimate of drug-likeness (QED) is 0.141. The number of thiophene rings is 1. The Morgan fingerprint density at radius 2 is 0.616 bits per heavy atom.